The molecule has 0 aromatic heterocycles. The van der Waals surface area contributed by atoms with Crippen molar-refractivity contribution in [1.29, 1.82) is 0 Å². The molecule has 0 saturated carbocycles. The number of hydrogen-bond acceptors (Lipinski definition) is 5. The Morgan fingerprint density at radius 2 is 2.11 bits per heavy atom. The van der Waals surface area contributed by atoms with Gasteiger partial charge in [-0.3, -0.25) is 5.43 Å². The summed E-state index contributed by atoms with van der Waals surface area (Å²) in [5.41, 5.74) is 4.11. The molecular formula is C12H14N2O4. The van der Waals surface area contributed by atoms with E-state index in [4.69, 9.17) is 14.6 Å². The van der Waals surface area contributed by atoms with Gasteiger partial charge in [0.2, 0.25) is 0 Å². The summed E-state index contributed by atoms with van der Waals surface area (Å²) in [6, 6.07) is 4.72. The van der Waals surface area contributed by atoms with E-state index in [-0.39, 0.29) is 0 Å². The van der Waals surface area contributed by atoms with Crippen LogP contribution in [0.15, 0.2) is 23.3 Å². The van der Waals surface area contributed by atoms with Crippen LogP contribution in [0.1, 0.15) is 12.0 Å². The molecule has 0 bridgehead atoms. The first-order valence-corrected chi connectivity index (χ1v) is 5.43. The van der Waals surface area contributed by atoms with Gasteiger partial charge in [-0.2, -0.15) is 5.10 Å². The lowest BCUT2D eigenvalue weighted by Gasteiger charge is -2.09. The van der Waals surface area contributed by atoms with Gasteiger partial charge in [0.15, 0.2) is 11.5 Å². The van der Waals surface area contributed by atoms with E-state index in [1.807, 2.05) is 6.07 Å². The zero-order valence-corrected chi connectivity index (χ0v) is 10.1. The quantitative estimate of drug-likeness (QED) is 0.828. The lowest BCUT2D eigenvalue weighted by Crippen LogP contribution is -2.29. The molecule has 0 spiro atoms. The van der Waals surface area contributed by atoms with Gasteiger partial charge in [-0.05, 0) is 18.2 Å². The Balaban J connectivity index is 2.23. The topological polar surface area (TPSA) is 80.2 Å². The van der Waals surface area contributed by atoms with Crippen LogP contribution in [-0.4, -0.2) is 37.0 Å². The molecular weight excluding hydrogens is 236 g/mol. The molecule has 1 heterocycles. The summed E-state index contributed by atoms with van der Waals surface area (Å²) in [4.78, 5) is 10.8. The molecule has 1 aliphatic heterocycles. The van der Waals surface area contributed by atoms with E-state index >= 15 is 0 Å². The Morgan fingerprint density at radius 3 is 2.67 bits per heavy atom. The molecule has 0 radical (unpaired) electrons. The number of methoxy groups -OCH3 is 2. The molecule has 96 valence electrons. The summed E-state index contributed by atoms with van der Waals surface area (Å²) in [5.74, 6) is 0.313. The number of ether oxygens (including phenoxy) is 2. The highest BCUT2D eigenvalue weighted by Crippen LogP contribution is 2.28. The van der Waals surface area contributed by atoms with E-state index < -0.39 is 12.0 Å². The molecule has 18 heavy (non-hydrogen) atoms. The fourth-order valence-corrected chi connectivity index (χ4v) is 1.78. The first-order valence-electron chi connectivity index (χ1n) is 5.43. The smallest absolute Gasteiger partial charge is 0.328 e. The van der Waals surface area contributed by atoms with Crippen LogP contribution < -0.4 is 14.9 Å². The predicted molar refractivity (Wildman–Crippen MR) is 65.3 cm³/mol. The van der Waals surface area contributed by atoms with Crippen LogP contribution in [0, 0.1) is 0 Å². The SMILES string of the molecule is COc1ccc(C2=NNC(C(=O)O)C2)cc1OC. The van der Waals surface area contributed by atoms with Crippen LogP contribution in [0.2, 0.25) is 0 Å². The molecule has 0 saturated heterocycles. The monoisotopic (exact) mass is 250 g/mol. The largest absolute Gasteiger partial charge is 0.493 e. The maximum Gasteiger partial charge on any atom is 0.328 e. The van der Waals surface area contributed by atoms with E-state index in [0.29, 0.717) is 23.6 Å². The standard InChI is InChI=1S/C12H14N2O4/c1-17-10-4-3-7(5-11(10)18-2)8-6-9(12(15)16)14-13-8/h3-5,9,14H,6H2,1-2H3,(H,15,16). The van der Waals surface area contributed by atoms with E-state index in [1.165, 1.54) is 0 Å². The molecule has 1 unspecified atom stereocenters. The van der Waals surface area contributed by atoms with E-state index in [1.54, 1.807) is 26.4 Å². The second-order valence-electron chi connectivity index (χ2n) is 3.85. The second kappa shape index (κ2) is 4.95. The number of hydrogen-bond donors (Lipinski definition) is 2. The average Bonchev–Trinajstić information content (AvgIpc) is 2.87. The minimum atomic E-state index is -0.908. The van der Waals surface area contributed by atoms with E-state index in [9.17, 15) is 4.79 Å². The van der Waals surface area contributed by atoms with Crippen LogP contribution in [0.25, 0.3) is 0 Å². The second-order valence-corrected chi connectivity index (χ2v) is 3.85. The van der Waals surface area contributed by atoms with Crippen molar-refractivity contribution in [3.8, 4) is 11.5 Å². The zero-order chi connectivity index (χ0) is 13.1. The molecule has 1 aromatic carbocycles. The van der Waals surface area contributed by atoms with Crippen LogP contribution in [0.5, 0.6) is 11.5 Å². The summed E-state index contributed by atoms with van der Waals surface area (Å²) < 4.78 is 10.3. The van der Waals surface area contributed by atoms with Crippen LogP contribution in [0.3, 0.4) is 0 Å². The highest BCUT2D eigenvalue weighted by Gasteiger charge is 2.25. The number of hydrazone groups is 1. The van der Waals surface area contributed by atoms with Crippen LogP contribution in [-0.2, 0) is 4.79 Å². The number of rotatable bonds is 4. The van der Waals surface area contributed by atoms with E-state index in [0.717, 1.165) is 5.56 Å². The minimum absolute atomic E-state index is 0.352. The molecule has 0 fully saturated rings. The molecule has 6 heteroatoms. The first-order chi connectivity index (χ1) is 8.65. The number of nitrogens with one attached hydrogen (secondary N) is 1. The summed E-state index contributed by atoms with van der Waals surface area (Å²) in [6.07, 6.45) is 0.352. The van der Waals surface area contributed by atoms with Gasteiger partial charge >= 0.3 is 5.97 Å². The third-order valence-corrected chi connectivity index (χ3v) is 2.77. The minimum Gasteiger partial charge on any atom is -0.493 e. The fraction of sp³-hybridized carbons (Fsp3) is 0.333. The number of benzene rings is 1. The third-order valence-electron chi connectivity index (χ3n) is 2.77. The van der Waals surface area contributed by atoms with Crippen LogP contribution >= 0.6 is 0 Å². The number of carbonyl (C=O) groups is 1. The first kappa shape index (κ1) is 12.2. The van der Waals surface area contributed by atoms with Crippen molar-refractivity contribution in [1.82, 2.24) is 5.43 Å². The maximum absolute atomic E-state index is 10.8. The fourth-order valence-electron chi connectivity index (χ4n) is 1.78. The summed E-state index contributed by atoms with van der Waals surface area (Å²) in [5, 5.41) is 12.9. The molecule has 2 N–H and O–H groups in total. The average molecular weight is 250 g/mol. The van der Waals surface area contributed by atoms with Gasteiger partial charge in [-0.25, -0.2) is 4.79 Å². The Kier molecular flexibility index (Phi) is 3.36. The number of carboxylic acids is 1. The highest BCUT2D eigenvalue weighted by atomic mass is 16.5. The Labute approximate surface area is 104 Å². The zero-order valence-electron chi connectivity index (χ0n) is 10.1. The highest BCUT2D eigenvalue weighted by molar-refractivity contribution is 6.04. The molecule has 1 atom stereocenters. The molecule has 0 aliphatic carbocycles. The van der Waals surface area contributed by atoms with Crippen molar-refractivity contribution >= 4 is 11.7 Å². The lowest BCUT2D eigenvalue weighted by atomic mass is 10.0. The van der Waals surface area contributed by atoms with Gasteiger partial charge in [0.1, 0.15) is 6.04 Å². The normalized spacial score (nSPS) is 17.9. The van der Waals surface area contributed by atoms with Gasteiger partial charge < -0.3 is 14.6 Å². The Bertz CT molecular complexity index is 499. The predicted octanol–water partition coefficient (Wildman–Crippen LogP) is 0.854. The molecule has 1 aliphatic rings. The Hall–Kier alpha value is -2.24. The summed E-state index contributed by atoms with van der Waals surface area (Å²) in [6.45, 7) is 0. The van der Waals surface area contributed by atoms with Gasteiger partial charge in [0.25, 0.3) is 0 Å². The van der Waals surface area contributed by atoms with Crippen molar-refractivity contribution in [2.24, 2.45) is 5.10 Å². The van der Waals surface area contributed by atoms with Gasteiger partial charge in [-0.1, -0.05) is 0 Å². The van der Waals surface area contributed by atoms with Gasteiger partial charge in [0.05, 0.1) is 19.9 Å². The maximum atomic E-state index is 10.8. The van der Waals surface area contributed by atoms with Crippen LogP contribution in [0.4, 0.5) is 0 Å². The van der Waals surface area contributed by atoms with Crippen molar-refractivity contribution in [2.45, 2.75) is 12.5 Å². The number of carboxylic acid groups (broad SMARTS) is 1. The van der Waals surface area contributed by atoms with Gasteiger partial charge in [0, 0.05) is 12.0 Å². The van der Waals surface area contributed by atoms with Crippen molar-refractivity contribution < 1.29 is 19.4 Å². The molecule has 0 amide bonds. The summed E-state index contributed by atoms with van der Waals surface area (Å²) >= 11 is 0. The van der Waals surface area contributed by atoms with Gasteiger partial charge in [-0.15, -0.1) is 0 Å². The van der Waals surface area contributed by atoms with Crippen molar-refractivity contribution in [3.63, 3.8) is 0 Å². The molecule has 1 aromatic rings. The lowest BCUT2D eigenvalue weighted by molar-refractivity contribution is -0.139. The third kappa shape index (κ3) is 2.22. The Morgan fingerprint density at radius 1 is 1.39 bits per heavy atom. The number of nitrogens with zero attached hydrogens (tertiary/aromatic N) is 1. The summed E-state index contributed by atoms with van der Waals surface area (Å²) in [7, 11) is 3.11. The van der Waals surface area contributed by atoms with E-state index in [2.05, 4.69) is 10.5 Å². The molecule has 6 nitrogen and oxygen atoms in total. The number of aliphatic carboxylic acids is 1. The molecule has 2 rings (SSSR count). The van der Waals surface area contributed by atoms with Crippen molar-refractivity contribution in [3.05, 3.63) is 23.8 Å². The van der Waals surface area contributed by atoms with Crippen molar-refractivity contribution in [2.75, 3.05) is 14.2 Å².